The van der Waals surface area contributed by atoms with Gasteiger partial charge in [0, 0.05) is 70.3 Å². The third-order valence-electron chi connectivity index (χ3n) is 14.0. The lowest BCUT2D eigenvalue weighted by molar-refractivity contribution is -0.607. The molecule has 64 heavy (non-hydrogen) atoms. The van der Waals surface area contributed by atoms with Crippen LogP contribution in [0.5, 0.6) is 0 Å². The number of carbonyl (C=O) groups is 4. The van der Waals surface area contributed by atoms with Crippen LogP contribution in [0.3, 0.4) is 0 Å². The van der Waals surface area contributed by atoms with Crippen LogP contribution in [0.4, 0.5) is 0 Å². The number of cyclic esters (lactones) is 1. The number of ether oxygens (including phenoxy) is 5. The largest absolute Gasteiger partial charge is 0.618 e. The molecule has 0 radical (unpaired) electrons. The normalized spacial score (nSPS) is 37.9. The molecule has 0 aromatic carbocycles. The zero-order valence-corrected chi connectivity index (χ0v) is 38.9. The van der Waals surface area contributed by atoms with Crippen LogP contribution in [0.1, 0.15) is 111 Å². The Hall–Kier alpha value is -3.83. The quantitative estimate of drug-likeness (QED) is 0.106. The van der Waals surface area contributed by atoms with Gasteiger partial charge in [-0.2, -0.15) is 4.73 Å². The molecular weight excluding hydrogens is 825 g/mol. The highest BCUT2D eigenvalue weighted by Gasteiger charge is 2.56. The van der Waals surface area contributed by atoms with Gasteiger partial charge >= 0.3 is 5.97 Å². The Morgan fingerprint density at radius 3 is 2.33 bits per heavy atom. The second kappa shape index (κ2) is 23.1. The number of allylic oxidation sites excluding steroid dienone is 4. The molecule has 15 heteroatoms. The fourth-order valence-electron chi connectivity index (χ4n) is 10.2. The van der Waals surface area contributed by atoms with E-state index in [-0.39, 0.29) is 56.0 Å². The Bertz CT molecular complexity index is 1870. The van der Waals surface area contributed by atoms with Crippen molar-refractivity contribution >= 4 is 29.5 Å². The average molecular weight is 897 g/mol. The molecule has 2 saturated heterocycles. The summed E-state index contributed by atoms with van der Waals surface area (Å²) in [6.45, 7) is 9.14. The molecule has 1 aromatic rings. The summed E-state index contributed by atoms with van der Waals surface area (Å²) >= 11 is 0. The molecule has 0 unspecified atom stereocenters. The molecule has 14 atom stereocenters. The number of aliphatic hydroxyl groups is 3. The van der Waals surface area contributed by atoms with E-state index in [1.165, 1.54) is 25.3 Å². The van der Waals surface area contributed by atoms with Gasteiger partial charge in [0.2, 0.25) is 11.5 Å². The molecule has 3 fully saturated rings. The predicted octanol–water partition coefficient (Wildman–Crippen LogP) is 4.80. The number of amides is 1. The number of methoxy groups -OCH3 is 3. The Morgan fingerprint density at radius 1 is 0.938 bits per heavy atom. The van der Waals surface area contributed by atoms with Crippen molar-refractivity contribution in [2.75, 3.05) is 27.9 Å². The number of carbonyl (C=O) groups excluding carboxylic acids is 4. The monoisotopic (exact) mass is 897 g/mol. The van der Waals surface area contributed by atoms with E-state index in [0.29, 0.717) is 56.2 Å². The van der Waals surface area contributed by atoms with Gasteiger partial charge in [0.1, 0.15) is 24.0 Å². The fraction of sp³-hybridized carbons (Fsp3) is 0.694. The molecule has 4 aliphatic rings. The third-order valence-corrected chi connectivity index (χ3v) is 14.0. The van der Waals surface area contributed by atoms with Gasteiger partial charge in [0.15, 0.2) is 6.20 Å². The van der Waals surface area contributed by atoms with Crippen LogP contribution in [-0.4, -0.2) is 126 Å². The Morgan fingerprint density at radius 2 is 1.64 bits per heavy atom. The van der Waals surface area contributed by atoms with Gasteiger partial charge in [-0.25, -0.2) is 4.79 Å². The molecule has 2 bridgehead atoms. The van der Waals surface area contributed by atoms with Crippen LogP contribution in [-0.2, 0) is 42.9 Å². The summed E-state index contributed by atoms with van der Waals surface area (Å²) in [5.41, 5.74) is 1.92. The van der Waals surface area contributed by atoms with E-state index >= 15 is 0 Å². The second-order valence-corrected chi connectivity index (χ2v) is 18.8. The van der Waals surface area contributed by atoms with Gasteiger partial charge in [-0.15, -0.1) is 0 Å². The van der Waals surface area contributed by atoms with Gasteiger partial charge in [0.05, 0.1) is 30.5 Å². The zero-order valence-electron chi connectivity index (χ0n) is 38.9. The van der Waals surface area contributed by atoms with E-state index in [9.17, 15) is 39.7 Å². The molecule has 3 aliphatic heterocycles. The fourth-order valence-corrected chi connectivity index (χ4v) is 10.2. The molecule has 0 spiro atoms. The zero-order chi connectivity index (χ0) is 46.9. The number of aromatic nitrogens is 1. The maximum absolute atomic E-state index is 14.5. The van der Waals surface area contributed by atoms with Crippen molar-refractivity contribution in [1.82, 2.24) is 4.90 Å². The molecule has 5 rings (SSSR count). The lowest BCUT2D eigenvalue weighted by atomic mass is 9.81. The SMILES string of the molecule is CO[C@H]1C[C@@H](C)C/C(C)=C/[C@@H](C/C=C/c2cccc[n+]2[O-])C(=O)C[C@H](O)[C@@H](C)[C@@H](/C(C)=C/[C@@H]2CC[C@@H](O)[C@H](OC)C2)OC(=O)[C@@H]2CCCCN2C(=O)C(=O)[C@]2(O)O[C@H]1[C@@H](OC)C[C@H]2C. The first kappa shape index (κ1) is 51.2. The summed E-state index contributed by atoms with van der Waals surface area (Å²) in [7, 11) is 4.58. The van der Waals surface area contributed by atoms with Crippen molar-refractivity contribution in [3.8, 4) is 0 Å². The molecule has 15 nitrogen and oxygen atoms in total. The lowest BCUT2D eigenvalue weighted by Crippen LogP contribution is -2.64. The first-order chi connectivity index (χ1) is 30.4. The van der Waals surface area contributed by atoms with Gasteiger partial charge in [-0.3, -0.25) is 14.4 Å². The first-order valence-corrected chi connectivity index (χ1v) is 23.1. The number of pyridine rings is 1. The second-order valence-electron chi connectivity index (χ2n) is 18.8. The maximum atomic E-state index is 14.5. The summed E-state index contributed by atoms with van der Waals surface area (Å²) in [4.78, 5) is 58.6. The summed E-state index contributed by atoms with van der Waals surface area (Å²) in [5.74, 6) is -8.26. The number of nitrogens with zero attached hydrogens (tertiary/aromatic N) is 2. The number of hydrogen-bond acceptors (Lipinski definition) is 13. The highest BCUT2D eigenvalue weighted by Crippen LogP contribution is 2.39. The maximum Gasteiger partial charge on any atom is 0.329 e. The van der Waals surface area contributed by atoms with E-state index in [2.05, 4.69) is 0 Å². The van der Waals surface area contributed by atoms with Crippen LogP contribution < -0.4 is 4.73 Å². The summed E-state index contributed by atoms with van der Waals surface area (Å²) < 4.78 is 30.7. The molecule has 356 valence electrons. The van der Waals surface area contributed by atoms with Crippen molar-refractivity contribution in [3.05, 3.63) is 64.7 Å². The van der Waals surface area contributed by atoms with Gasteiger partial charge < -0.3 is 49.1 Å². The molecule has 1 amide bonds. The average Bonchev–Trinajstić information content (AvgIpc) is 3.27. The summed E-state index contributed by atoms with van der Waals surface area (Å²) in [5, 5.41) is 47.0. The Balaban J connectivity index is 1.56. The number of piperidine rings is 1. The van der Waals surface area contributed by atoms with Crippen molar-refractivity contribution in [3.63, 3.8) is 0 Å². The summed E-state index contributed by atoms with van der Waals surface area (Å²) in [6.07, 6.45) is 7.24. The molecule has 1 aromatic heterocycles. The molecule has 3 N–H and O–H groups in total. The van der Waals surface area contributed by atoms with Crippen molar-refractivity contribution < 1.29 is 62.9 Å². The Kier molecular flexibility index (Phi) is 18.4. The third kappa shape index (κ3) is 12.3. The smallest absolute Gasteiger partial charge is 0.329 e. The number of fused-ring (bicyclic) bond motifs is 3. The standard InChI is InChI=1S/C49H72N2O13/c1-29-22-30(2)24-42(61-7)45-43(62-8)26-32(4)49(58,64-45)46(55)47(56)50-20-11-10-17-37(50)48(57)63-44(31(3)25-34-18-19-38(52)41(27-34)60-6)33(5)39(53)28-40(54)35(23-29)14-13-16-36-15-9-12-21-51(36)59/h9,12-13,15-16,21,23,25,30,32-35,37-39,41-45,52-53,58H,10-11,14,17-20,22,24,26-28H2,1-8H3/b16-13+,29-23+,31-25+/t30-,32+,33+,34-,35+,37-,38+,39-,41+,42-,43-,44+,45+,49+/m0/s1. The molecular formula is C49H72N2O13. The number of esters is 1. The number of hydrogen-bond donors (Lipinski definition) is 3. The molecule has 1 saturated carbocycles. The lowest BCUT2D eigenvalue weighted by Gasteiger charge is -2.47. The van der Waals surface area contributed by atoms with E-state index in [0.717, 1.165) is 10.3 Å². The summed E-state index contributed by atoms with van der Waals surface area (Å²) in [6, 6.07) is 3.88. The van der Waals surface area contributed by atoms with Crippen molar-refractivity contribution in [2.45, 2.75) is 160 Å². The van der Waals surface area contributed by atoms with Crippen LogP contribution in [0, 0.1) is 34.8 Å². The minimum Gasteiger partial charge on any atom is -0.618 e. The first-order valence-electron chi connectivity index (χ1n) is 23.1. The highest BCUT2D eigenvalue weighted by atomic mass is 16.7. The van der Waals surface area contributed by atoms with Crippen LogP contribution in [0.2, 0.25) is 0 Å². The number of aliphatic hydroxyl groups excluding tert-OH is 2. The minimum absolute atomic E-state index is 0.0462. The van der Waals surface area contributed by atoms with Gasteiger partial charge in [0.25, 0.3) is 11.7 Å². The van der Waals surface area contributed by atoms with Gasteiger partial charge in [-0.05, 0) is 102 Å². The van der Waals surface area contributed by atoms with E-state index in [1.54, 1.807) is 58.2 Å². The number of ketones is 2. The van der Waals surface area contributed by atoms with E-state index in [4.69, 9.17) is 23.7 Å². The van der Waals surface area contributed by atoms with Crippen LogP contribution in [0.15, 0.2) is 53.8 Å². The number of rotatable bonds is 8. The number of Topliss-reactive ketones (excluding diaryl/α,β-unsaturated/α-hetero) is 2. The molecule has 1 aliphatic carbocycles. The van der Waals surface area contributed by atoms with Crippen LogP contribution in [0.25, 0.3) is 6.08 Å². The van der Waals surface area contributed by atoms with Gasteiger partial charge in [-0.1, -0.05) is 44.6 Å². The van der Waals surface area contributed by atoms with Crippen molar-refractivity contribution in [2.24, 2.45) is 29.6 Å². The topological polar surface area (TPSA) is 205 Å². The highest BCUT2D eigenvalue weighted by molar-refractivity contribution is 6.39. The predicted molar refractivity (Wildman–Crippen MR) is 237 cm³/mol. The van der Waals surface area contributed by atoms with E-state index in [1.807, 2.05) is 26.0 Å². The Labute approximate surface area is 378 Å². The van der Waals surface area contributed by atoms with Crippen LogP contribution >= 0.6 is 0 Å². The molecule has 4 heterocycles. The van der Waals surface area contributed by atoms with Crippen molar-refractivity contribution in [1.29, 1.82) is 0 Å². The van der Waals surface area contributed by atoms with E-state index < -0.39 is 83.9 Å². The minimum atomic E-state index is -2.54.